The highest BCUT2D eigenvalue weighted by molar-refractivity contribution is 6.15. The zero-order chi connectivity index (χ0) is 5.86. The molecule has 2 nitrogen and oxygen atoms in total. The van der Waals surface area contributed by atoms with Crippen molar-refractivity contribution in [2.75, 3.05) is 0 Å². The third-order valence-electron chi connectivity index (χ3n) is 0.292. The molecular weight excluding hydrogens is 122 g/mol. The van der Waals surface area contributed by atoms with E-state index in [4.69, 9.17) is 0 Å². The summed E-state index contributed by atoms with van der Waals surface area (Å²) in [5.41, 5.74) is 0. The van der Waals surface area contributed by atoms with Gasteiger partial charge in [0.05, 0.1) is 0 Å². The van der Waals surface area contributed by atoms with E-state index in [1.807, 2.05) is 0 Å². The van der Waals surface area contributed by atoms with Crippen LogP contribution in [0, 0.1) is 0 Å². The second-order valence-electron chi connectivity index (χ2n) is 0.770. The molecule has 0 aliphatic carbocycles. The van der Waals surface area contributed by atoms with Crippen LogP contribution in [-0.4, -0.2) is 5.97 Å². The second-order valence-corrected chi connectivity index (χ2v) is 0.924. The largest absolute Gasteiger partial charge is 0.384 e. The topological polar surface area (TPSA) is 26.3 Å². The molecule has 4 heteroatoms. The first-order valence-corrected chi connectivity index (χ1v) is 1.66. The molecule has 0 aromatic heterocycles. The summed E-state index contributed by atoms with van der Waals surface area (Å²) in [6, 6.07) is 0. The van der Waals surface area contributed by atoms with Crippen molar-refractivity contribution in [2.24, 2.45) is 0 Å². The lowest BCUT2D eigenvalue weighted by molar-refractivity contribution is -0.131. The van der Waals surface area contributed by atoms with E-state index in [1.54, 1.807) is 0 Å². The number of halogens is 2. The minimum atomic E-state index is -1.25. The third kappa shape index (κ3) is 2.17. The minimum Gasteiger partial charge on any atom is -0.341 e. The van der Waals surface area contributed by atoms with Crippen LogP contribution in [-0.2, 0) is 9.08 Å². The smallest absolute Gasteiger partial charge is 0.341 e. The van der Waals surface area contributed by atoms with Crippen LogP contribution in [0.5, 0.6) is 0 Å². The van der Waals surface area contributed by atoms with E-state index in [-0.39, 0.29) is 0 Å². The van der Waals surface area contributed by atoms with Crippen molar-refractivity contribution in [1.29, 1.82) is 0 Å². The fourth-order valence-electron chi connectivity index (χ4n) is 0.0419. The molecule has 0 aliphatic rings. The van der Waals surface area contributed by atoms with Gasteiger partial charge in [0.15, 0.2) is 0 Å². The van der Waals surface area contributed by atoms with E-state index in [0.29, 0.717) is 0 Å². The Bertz CT molecular complexity index is 101. The van der Waals surface area contributed by atoms with Gasteiger partial charge in [-0.3, -0.25) is 0 Å². The molecule has 0 aromatic carbocycles. The van der Waals surface area contributed by atoms with Crippen LogP contribution in [0.15, 0.2) is 12.4 Å². The summed E-state index contributed by atoms with van der Waals surface area (Å²) in [5, 5.41) is 0. The van der Waals surface area contributed by atoms with Crippen molar-refractivity contribution in [3.05, 3.63) is 12.4 Å². The van der Waals surface area contributed by atoms with Crippen molar-refractivity contribution in [3.63, 3.8) is 0 Å². The maximum absolute atomic E-state index is 11.3. The SMILES string of the molecule is C=C(F)C(=O)OCl. The van der Waals surface area contributed by atoms with Crippen LogP contribution in [0.4, 0.5) is 4.39 Å². The van der Waals surface area contributed by atoms with E-state index < -0.39 is 11.8 Å². The van der Waals surface area contributed by atoms with Gasteiger partial charge in [-0.05, 0) is 0 Å². The van der Waals surface area contributed by atoms with Crippen LogP contribution >= 0.6 is 11.9 Å². The molecule has 0 spiro atoms. The molecule has 0 bridgehead atoms. The van der Waals surface area contributed by atoms with Crippen molar-refractivity contribution in [1.82, 2.24) is 0 Å². The Labute approximate surface area is 44.7 Å². The first kappa shape index (κ1) is 6.43. The van der Waals surface area contributed by atoms with Gasteiger partial charge in [-0.25, -0.2) is 4.79 Å². The van der Waals surface area contributed by atoms with Gasteiger partial charge in [-0.1, -0.05) is 6.58 Å². The van der Waals surface area contributed by atoms with Gasteiger partial charge in [0.2, 0.25) is 5.83 Å². The third-order valence-corrected chi connectivity index (χ3v) is 0.432. The summed E-state index contributed by atoms with van der Waals surface area (Å²) < 4.78 is 14.7. The Morgan fingerprint density at radius 1 is 1.86 bits per heavy atom. The van der Waals surface area contributed by atoms with Crippen molar-refractivity contribution < 1.29 is 13.5 Å². The normalized spacial score (nSPS) is 7.71. The number of hydrogen-bond donors (Lipinski definition) is 0. The predicted octanol–water partition coefficient (Wildman–Crippen LogP) is 1.17. The van der Waals surface area contributed by atoms with Crippen LogP contribution in [0.25, 0.3) is 0 Å². The van der Waals surface area contributed by atoms with Gasteiger partial charge >= 0.3 is 5.97 Å². The van der Waals surface area contributed by atoms with E-state index in [9.17, 15) is 9.18 Å². The van der Waals surface area contributed by atoms with Gasteiger partial charge in [0.1, 0.15) is 11.9 Å². The summed E-state index contributed by atoms with van der Waals surface area (Å²) in [5.74, 6) is -2.45. The summed E-state index contributed by atoms with van der Waals surface area (Å²) in [6.45, 7) is 2.60. The summed E-state index contributed by atoms with van der Waals surface area (Å²) in [4.78, 5) is 9.68. The number of hydrogen-bond acceptors (Lipinski definition) is 2. The van der Waals surface area contributed by atoms with Gasteiger partial charge in [-0.2, -0.15) is 4.39 Å². The molecule has 0 radical (unpaired) electrons. The highest BCUT2D eigenvalue weighted by Gasteiger charge is 2.03. The van der Waals surface area contributed by atoms with Crippen LogP contribution in [0.2, 0.25) is 0 Å². The van der Waals surface area contributed by atoms with Crippen LogP contribution < -0.4 is 0 Å². The molecular formula is C3H2ClFO2. The van der Waals surface area contributed by atoms with Gasteiger partial charge in [-0.15, -0.1) is 0 Å². The van der Waals surface area contributed by atoms with Crippen molar-refractivity contribution in [3.8, 4) is 0 Å². The molecule has 0 unspecified atom stereocenters. The van der Waals surface area contributed by atoms with E-state index in [1.165, 1.54) is 0 Å². The summed E-state index contributed by atoms with van der Waals surface area (Å²) >= 11 is 4.40. The van der Waals surface area contributed by atoms with Crippen LogP contribution in [0.1, 0.15) is 0 Å². The number of rotatable bonds is 1. The van der Waals surface area contributed by atoms with Crippen molar-refractivity contribution >= 4 is 17.8 Å². The molecule has 40 valence electrons. The lowest BCUT2D eigenvalue weighted by Crippen LogP contribution is -1.93. The monoisotopic (exact) mass is 124 g/mol. The standard InChI is InChI=1S/C3H2ClFO2/c1-2(5)3(6)7-4/h1H2. The van der Waals surface area contributed by atoms with E-state index in [0.717, 1.165) is 0 Å². The fraction of sp³-hybridized carbons (Fsp3) is 0. The molecule has 0 saturated heterocycles. The average Bonchev–Trinajstić information content (AvgIpc) is 1.65. The first-order valence-electron chi connectivity index (χ1n) is 1.36. The van der Waals surface area contributed by atoms with Gasteiger partial charge < -0.3 is 4.29 Å². The molecule has 0 aliphatic heterocycles. The predicted molar refractivity (Wildman–Crippen MR) is 22.2 cm³/mol. The maximum Gasteiger partial charge on any atom is 0.384 e. The second kappa shape index (κ2) is 2.58. The lowest BCUT2D eigenvalue weighted by atomic mass is 10.6. The molecule has 0 rings (SSSR count). The molecule has 0 atom stereocenters. The molecule has 0 saturated carbocycles. The molecule has 0 heterocycles. The zero-order valence-electron chi connectivity index (χ0n) is 3.28. The fourth-order valence-corrected chi connectivity index (χ4v) is 0.126. The quantitative estimate of drug-likeness (QED) is 0.491. The van der Waals surface area contributed by atoms with Crippen molar-refractivity contribution in [2.45, 2.75) is 0 Å². The summed E-state index contributed by atoms with van der Waals surface area (Å²) in [7, 11) is 0. The number of carbonyl (C=O) groups is 1. The highest BCUT2D eigenvalue weighted by Crippen LogP contribution is 1.95. The Balaban J connectivity index is 3.58. The number of carbonyl (C=O) groups excluding carboxylic acids is 1. The molecule has 0 amide bonds. The zero-order valence-corrected chi connectivity index (χ0v) is 4.04. The maximum atomic E-state index is 11.3. The van der Waals surface area contributed by atoms with Crippen LogP contribution in [0.3, 0.4) is 0 Å². The first-order chi connectivity index (χ1) is 3.18. The Morgan fingerprint density at radius 2 is 2.29 bits per heavy atom. The van der Waals surface area contributed by atoms with Gasteiger partial charge in [0, 0.05) is 0 Å². The Morgan fingerprint density at radius 3 is 2.29 bits per heavy atom. The molecule has 0 N–H and O–H groups in total. The lowest BCUT2D eigenvalue weighted by Gasteiger charge is -1.83. The van der Waals surface area contributed by atoms with Gasteiger partial charge in [0.25, 0.3) is 0 Å². The average molecular weight is 124 g/mol. The minimum absolute atomic E-state index is 1.20. The molecule has 7 heavy (non-hydrogen) atoms. The highest BCUT2D eigenvalue weighted by atomic mass is 35.5. The molecule has 0 fully saturated rings. The van der Waals surface area contributed by atoms with E-state index >= 15 is 0 Å². The molecule has 0 aromatic rings. The summed E-state index contributed by atoms with van der Waals surface area (Å²) in [6.07, 6.45) is 0. The Hall–Kier alpha value is -0.570. The Kier molecular flexibility index (Phi) is 2.37. The van der Waals surface area contributed by atoms with E-state index in [2.05, 4.69) is 22.7 Å².